The van der Waals surface area contributed by atoms with Gasteiger partial charge in [-0.3, -0.25) is 9.69 Å². The zero-order chi connectivity index (χ0) is 23.1. The van der Waals surface area contributed by atoms with Crippen molar-refractivity contribution in [3.63, 3.8) is 0 Å². The highest BCUT2D eigenvalue weighted by molar-refractivity contribution is 6.04. The molecular formula is C24H35N5O3. The first-order chi connectivity index (χ1) is 15.4. The third-order valence-corrected chi connectivity index (χ3v) is 5.90. The van der Waals surface area contributed by atoms with Crippen molar-refractivity contribution in [1.29, 1.82) is 0 Å². The number of hydrogen-bond donors (Lipinski definition) is 2. The Morgan fingerprint density at radius 2 is 1.84 bits per heavy atom. The molecule has 8 heteroatoms. The Morgan fingerprint density at radius 1 is 1.16 bits per heavy atom. The summed E-state index contributed by atoms with van der Waals surface area (Å²) < 4.78 is 5.12. The highest BCUT2D eigenvalue weighted by atomic mass is 16.5. The standard InChI is InChI=1S/C24H35N5O3/c1-18(2)27(3)16-21(30)17-28-11-13-29(14-12-28)23-10-7-20(15-25-23)26-24(31)19-5-8-22(32-4)9-6-19/h5-10,15,18,21,30H,11-14,16-17H2,1-4H3,(H,26,31). The van der Waals surface area contributed by atoms with Crippen LogP contribution >= 0.6 is 0 Å². The van der Waals surface area contributed by atoms with Crippen LogP contribution in [0.4, 0.5) is 11.5 Å². The molecule has 32 heavy (non-hydrogen) atoms. The molecule has 1 atom stereocenters. The van der Waals surface area contributed by atoms with E-state index in [0.29, 0.717) is 36.1 Å². The lowest BCUT2D eigenvalue weighted by Crippen LogP contribution is -2.50. The van der Waals surface area contributed by atoms with Gasteiger partial charge in [-0.05, 0) is 57.3 Å². The minimum absolute atomic E-state index is 0.183. The zero-order valence-corrected chi connectivity index (χ0v) is 19.5. The van der Waals surface area contributed by atoms with Crippen molar-refractivity contribution in [3.05, 3.63) is 48.2 Å². The molecule has 2 N–H and O–H groups in total. The maximum Gasteiger partial charge on any atom is 0.255 e. The predicted molar refractivity (Wildman–Crippen MR) is 128 cm³/mol. The number of aliphatic hydroxyl groups is 1. The van der Waals surface area contributed by atoms with Gasteiger partial charge in [0.25, 0.3) is 5.91 Å². The lowest BCUT2D eigenvalue weighted by molar-refractivity contribution is 0.0712. The molecule has 1 unspecified atom stereocenters. The average molecular weight is 442 g/mol. The molecule has 0 bridgehead atoms. The van der Waals surface area contributed by atoms with Crippen molar-refractivity contribution >= 4 is 17.4 Å². The molecule has 2 aromatic rings. The van der Waals surface area contributed by atoms with E-state index in [2.05, 4.69) is 38.8 Å². The molecule has 2 heterocycles. The zero-order valence-electron chi connectivity index (χ0n) is 19.5. The van der Waals surface area contributed by atoms with Crippen LogP contribution in [0.3, 0.4) is 0 Å². The highest BCUT2D eigenvalue weighted by Crippen LogP contribution is 2.18. The first-order valence-corrected chi connectivity index (χ1v) is 11.1. The molecule has 0 spiro atoms. The molecule has 1 aromatic carbocycles. The van der Waals surface area contributed by atoms with Crippen LogP contribution in [-0.2, 0) is 0 Å². The third-order valence-electron chi connectivity index (χ3n) is 5.90. The van der Waals surface area contributed by atoms with E-state index < -0.39 is 0 Å². The Labute approximate surface area is 190 Å². The number of amides is 1. The number of benzene rings is 1. The SMILES string of the molecule is COc1ccc(C(=O)Nc2ccc(N3CCN(CC(O)CN(C)C(C)C)CC3)nc2)cc1. The summed E-state index contributed by atoms with van der Waals surface area (Å²) in [5.74, 6) is 1.43. The Morgan fingerprint density at radius 3 is 2.41 bits per heavy atom. The fourth-order valence-corrected chi connectivity index (χ4v) is 3.65. The van der Waals surface area contributed by atoms with Gasteiger partial charge >= 0.3 is 0 Å². The number of piperazine rings is 1. The van der Waals surface area contributed by atoms with Crippen LogP contribution in [0.2, 0.25) is 0 Å². The predicted octanol–water partition coefficient (Wildman–Crippen LogP) is 2.17. The fraction of sp³-hybridized carbons (Fsp3) is 0.500. The molecule has 174 valence electrons. The van der Waals surface area contributed by atoms with Gasteiger partial charge in [0.15, 0.2) is 0 Å². The van der Waals surface area contributed by atoms with Crippen molar-refractivity contribution in [2.24, 2.45) is 0 Å². The molecule has 1 amide bonds. The number of rotatable bonds is 9. The summed E-state index contributed by atoms with van der Waals surface area (Å²) >= 11 is 0. The largest absolute Gasteiger partial charge is 0.497 e. The lowest BCUT2D eigenvalue weighted by Gasteiger charge is -2.37. The Hall–Kier alpha value is -2.68. The Kier molecular flexibility index (Phi) is 8.44. The first-order valence-electron chi connectivity index (χ1n) is 11.1. The van der Waals surface area contributed by atoms with Gasteiger partial charge in [0.2, 0.25) is 0 Å². The summed E-state index contributed by atoms with van der Waals surface area (Å²) in [5, 5.41) is 13.2. The van der Waals surface area contributed by atoms with Crippen molar-refractivity contribution in [3.8, 4) is 5.75 Å². The molecule has 8 nitrogen and oxygen atoms in total. The van der Waals surface area contributed by atoms with Gasteiger partial charge in [-0.15, -0.1) is 0 Å². The number of hydrogen-bond acceptors (Lipinski definition) is 7. The number of methoxy groups -OCH3 is 1. The molecule has 1 saturated heterocycles. The number of nitrogens with zero attached hydrogens (tertiary/aromatic N) is 4. The number of carbonyl (C=O) groups excluding carboxylic acids is 1. The molecule has 0 saturated carbocycles. The summed E-state index contributed by atoms with van der Waals surface area (Å²) in [7, 11) is 3.64. The maximum atomic E-state index is 12.4. The molecular weight excluding hydrogens is 406 g/mol. The second kappa shape index (κ2) is 11.3. The molecule has 1 aliphatic rings. The number of nitrogens with one attached hydrogen (secondary N) is 1. The van der Waals surface area contributed by atoms with E-state index in [1.165, 1.54) is 0 Å². The number of aromatic nitrogens is 1. The van der Waals surface area contributed by atoms with Crippen molar-refractivity contribution in [1.82, 2.24) is 14.8 Å². The number of β-amino-alcohol motifs (C(OH)–C–C–N with tert-alkyl or cyclic N) is 1. The lowest BCUT2D eigenvalue weighted by atomic mass is 10.2. The van der Waals surface area contributed by atoms with E-state index in [1.54, 1.807) is 37.6 Å². The normalized spacial score (nSPS) is 15.8. The van der Waals surface area contributed by atoms with E-state index in [4.69, 9.17) is 4.74 Å². The number of likely N-dealkylation sites (N-methyl/N-ethyl adjacent to an activating group) is 1. The fourth-order valence-electron chi connectivity index (χ4n) is 3.65. The third kappa shape index (κ3) is 6.66. The van der Waals surface area contributed by atoms with Crippen LogP contribution in [-0.4, -0.2) is 91.4 Å². The Bertz CT molecular complexity index is 849. The van der Waals surface area contributed by atoms with E-state index in [1.807, 2.05) is 19.2 Å². The monoisotopic (exact) mass is 441 g/mol. The van der Waals surface area contributed by atoms with Crippen molar-refractivity contribution in [2.75, 3.05) is 63.6 Å². The van der Waals surface area contributed by atoms with Gasteiger partial charge < -0.3 is 25.0 Å². The molecule has 1 fully saturated rings. The molecule has 0 aliphatic carbocycles. The van der Waals surface area contributed by atoms with E-state index in [-0.39, 0.29) is 12.0 Å². The molecule has 1 aromatic heterocycles. The van der Waals surface area contributed by atoms with Crippen LogP contribution in [0.5, 0.6) is 5.75 Å². The topological polar surface area (TPSA) is 81.2 Å². The number of anilines is 2. The summed E-state index contributed by atoms with van der Waals surface area (Å²) in [5.41, 5.74) is 1.22. The number of aliphatic hydroxyl groups excluding tert-OH is 1. The van der Waals surface area contributed by atoms with Gasteiger partial charge in [0, 0.05) is 50.9 Å². The quantitative estimate of drug-likeness (QED) is 0.617. The molecule has 3 rings (SSSR count). The van der Waals surface area contributed by atoms with E-state index >= 15 is 0 Å². The summed E-state index contributed by atoms with van der Waals surface area (Å²) in [4.78, 5) is 23.7. The molecule has 0 radical (unpaired) electrons. The minimum atomic E-state index is -0.347. The molecule has 1 aliphatic heterocycles. The summed E-state index contributed by atoms with van der Waals surface area (Å²) in [6, 6.07) is 11.2. The van der Waals surface area contributed by atoms with Gasteiger partial charge in [0.05, 0.1) is 25.1 Å². The van der Waals surface area contributed by atoms with Crippen LogP contribution < -0.4 is 15.0 Å². The van der Waals surface area contributed by atoms with Crippen LogP contribution in [0.25, 0.3) is 0 Å². The average Bonchev–Trinajstić information content (AvgIpc) is 2.80. The Balaban J connectivity index is 1.46. The van der Waals surface area contributed by atoms with Crippen LogP contribution in [0.1, 0.15) is 24.2 Å². The van der Waals surface area contributed by atoms with Crippen LogP contribution in [0.15, 0.2) is 42.6 Å². The number of pyridine rings is 1. The van der Waals surface area contributed by atoms with Crippen molar-refractivity contribution < 1.29 is 14.6 Å². The van der Waals surface area contributed by atoms with Gasteiger partial charge in [-0.2, -0.15) is 0 Å². The van der Waals surface area contributed by atoms with Crippen molar-refractivity contribution in [2.45, 2.75) is 26.0 Å². The second-order valence-electron chi connectivity index (χ2n) is 8.56. The summed E-state index contributed by atoms with van der Waals surface area (Å²) in [6.45, 7) is 9.13. The van der Waals surface area contributed by atoms with Gasteiger partial charge in [0.1, 0.15) is 11.6 Å². The number of carbonyl (C=O) groups is 1. The van der Waals surface area contributed by atoms with Crippen LogP contribution in [0, 0.1) is 0 Å². The first kappa shape index (κ1) is 24.0. The van der Waals surface area contributed by atoms with Gasteiger partial charge in [-0.1, -0.05) is 0 Å². The highest BCUT2D eigenvalue weighted by Gasteiger charge is 2.21. The maximum absolute atomic E-state index is 12.4. The second-order valence-corrected chi connectivity index (χ2v) is 8.56. The smallest absolute Gasteiger partial charge is 0.255 e. The minimum Gasteiger partial charge on any atom is -0.497 e. The van der Waals surface area contributed by atoms with Gasteiger partial charge in [-0.25, -0.2) is 4.98 Å². The van der Waals surface area contributed by atoms with E-state index in [9.17, 15) is 9.90 Å². The van der Waals surface area contributed by atoms with E-state index in [0.717, 1.165) is 32.0 Å². The summed E-state index contributed by atoms with van der Waals surface area (Å²) in [6.07, 6.45) is 1.34. The number of ether oxygens (including phenoxy) is 1.